The average Bonchev–Trinajstić information content (AvgIpc) is 2.51. The Kier molecular flexibility index (Phi) is 2.10. The Labute approximate surface area is 79.5 Å². The molecular formula is C8H8FN3S. The fraction of sp³-hybridized carbons (Fsp3) is 0.250. The number of likely N-dealkylation sites (N-methyl/N-ethyl adjacent to an activating group) is 1. The van der Waals surface area contributed by atoms with Crippen molar-refractivity contribution in [1.29, 1.82) is 0 Å². The topological polar surface area (TPSA) is 29.0 Å². The largest absolute Gasteiger partial charge is 0.376 e. The first-order chi connectivity index (χ1) is 6.27. The molecule has 13 heavy (non-hydrogen) atoms. The van der Waals surface area contributed by atoms with Crippen LogP contribution in [0.25, 0.3) is 5.57 Å². The first-order valence-corrected chi connectivity index (χ1v) is 4.57. The Hall–Kier alpha value is -1.23. The Morgan fingerprint density at radius 2 is 2.38 bits per heavy atom. The SMILES string of the molecule is CN1C=C(c2nsnc2F)C=CC1. The molecule has 0 aliphatic carbocycles. The van der Waals surface area contributed by atoms with Gasteiger partial charge in [0.05, 0.1) is 11.7 Å². The van der Waals surface area contributed by atoms with E-state index in [4.69, 9.17) is 0 Å². The van der Waals surface area contributed by atoms with Crippen molar-refractivity contribution in [2.24, 2.45) is 0 Å². The monoisotopic (exact) mass is 197 g/mol. The standard InChI is InChI=1S/C8H8FN3S/c1-12-4-2-3-6(5-12)7-8(9)11-13-10-7/h2-3,5H,4H2,1H3. The predicted octanol–water partition coefficient (Wildman–Crippen LogP) is 1.52. The summed E-state index contributed by atoms with van der Waals surface area (Å²) in [6.45, 7) is 0.850. The van der Waals surface area contributed by atoms with Gasteiger partial charge in [0, 0.05) is 25.4 Å². The molecule has 1 aromatic heterocycles. The molecular weight excluding hydrogens is 189 g/mol. The molecule has 2 rings (SSSR count). The number of hydrogen-bond donors (Lipinski definition) is 0. The second kappa shape index (κ2) is 3.26. The highest BCUT2D eigenvalue weighted by Gasteiger charge is 2.12. The van der Waals surface area contributed by atoms with Crippen LogP contribution in [0.1, 0.15) is 5.69 Å². The van der Waals surface area contributed by atoms with E-state index in [-0.39, 0.29) is 0 Å². The van der Waals surface area contributed by atoms with Gasteiger partial charge in [0.25, 0.3) is 5.95 Å². The van der Waals surface area contributed by atoms with Crippen LogP contribution in [0, 0.1) is 5.95 Å². The molecule has 0 saturated heterocycles. The zero-order valence-electron chi connectivity index (χ0n) is 7.07. The fourth-order valence-corrected chi connectivity index (χ4v) is 1.63. The Morgan fingerprint density at radius 3 is 3.00 bits per heavy atom. The van der Waals surface area contributed by atoms with E-state index in [1.54, 1.807) is 0 Å². The molecule has 0 spiro atoms. The molecule has 0 bridgehead atoms. The Morgan fingerprint density at radius 1 is 1.54 bits per heavy atom. The van der Waals surface area contributed by atoms with Crippen molar-refractivity contribution in [2.45, 2.75) is 0 Å². The third kappa shape index (κ3) is 1.60. The molecule has 0 aromatic carbocycles. The molecule has 1 aliphatic heterocycles. The molecule has 1 aromatic rings. The summed E-state index contributed by atoms with van der Waals surface area (Å²) < 4.78 is 20.4. The van der Waals surface area contributed by atoms with Crippen LogP contribution in [0.15, 0.2) is 18.4 Å². The van der Waals surface area contributed by atoms with E-state index in [2.05, 4.69) is 8.75 Å². The summed E-state index contributed by atoms with van der Waals surface area (Å²) in [5.41, 5.74) is 1.12. The molecule has 0 radical (unpaired) electrons. The normalized spacial score (nSPS) is 16.2. The van der Waals surface area contributed by atoms with Crippen LogP contribution in [0.3, 0.4) is 0 Å². The molecule has 1 aliphatic rings. The third-order valence-electron chi connectivity index (χ3n) is 1.77. The maximum atomic E-state index is 13.0. The third-order valence-corrected chi connectivity index (χ3v) is 2.28. The summed E-state index contributed by atoms with van der Waals surface area (Å²) in [6, 6.07) is 0. The molecule has 0 N–H and O–H groups in total. The first kappa shape index (κ1) is 8.37. The van der Waals surface area contributed by atoms with Gasteiger partial charge in [0.2, 0.25) is 0 Å². The van der Waals surface area contributed by atoms with E-state index in [0.29, 0.717) is 5.69 Å². The minimum absolute atomic E-state index is 0.341. The molecule has 3 nitrogen and oxygen atoms in total. The van der Waals surface area contributed by atoms with Gasteiger partial charge in [-0.3, -0.25) is 0 Å². The summed E-state index contributed by atoms with van der Waals surface area (Å²) >= 11 is 0.893. The van der Waals surface area contributed by atoms with Crippen molar-refractivity contribution in [3.63, 3.8) is 0 Å². The maximum absolute atomic E-state index is 13.0. The molecule has 0 atom stereocenters. The Balaban J connectivity index is 2.36. The number of nitrogens with zero attached hydrogens (tertiary/aromatic N) is 3. The van der Waals surface area contributed by atoms with Gasteiger partial charge < -0.3 is 4.90 Å². The molecule has 0 unspecified atom stereocenters. The van der Waals surface area contributed by atoms with Crippen LogP contribution < -0.4 is 0 Å². The smallest absolute Gasteiger partial charge is 0.252 e. The van der Waals surface area contributed by atoms with E-state index in [9.17, 15) is 4.39 Å². The number of aromatic nitrogens is 2. The van der Waals surface area contributed by atoms with Gasteiger partial charge in [-0.15, -0.1) is 4.37 Å². The minimum Gasteiger partial charge on any atom is -0.376 e. The van der Waals surface area contributed by atoms with Crippen molar-refractivity contribution < 1.29 is 4.39 Å². The first-order valence-electron chi connectivity index (χ1n) is 3.84. The minimum atomic E-state index is -0.490. The lowest BCUT2D eigenvalue weighted by Gasteiger charge is -2.16. The highest BCUT2D eigenvalue weighted by Crippen LogP contribution is 2.20. The number of rotatable bonds is 1. The van der Waals surface area contributed by atoms with E-state index in [1.807, 2.05) is 30.3 Å². The molecule has 0 saturated carbocycles. The quantitative estimate of drug-likeness (QED) is 0.683. The van der Waals surface area contributed by atoms with E-state index >= 15 is 0 Å². The van der Waals surface area contributed by atoms with Crippen molar-refractivity contribution in [3.05, 3.63) is 30.0 Å². The molecule has 2 heterocycles. The van der Waals surface area contributed by atoms with Gasteiger partial charge in [-0.25, -0.2) is 0 Å². The van der Waals surface area contributed by atoms with Crippen LogP contribution in [-0.2, 0) is 0 Å². The van der Waals surface area contributed by atoms with Crippen LogP contribution in [-0.4, -0.2) is 27.2 Å². The maximum Gasteiger partial charge on any atom is 0.252 e. The lowest BCUT2D eigenvalue weighted by molar-refractivity contribution is 0.506. The van der Waals surface area contributed by atoms with Gasteiger partial charge in [0.1, 0.15) is 5.69 Å². The van der Waals surface area contributed by atoms with Crippen LogP contribution in [0.2, 0.25) is 0 Å². The summed E-state index contributed by atoms with van der Waals surface area (Å²) in [6.07, 6.45) is 5.69. The van der Waals surface area contributed by atoms with Crippen molar-refractivity contribution in [3.8, 4) is 0 Å². The molecule has 0 amide bonds. The zero-order chi connectivity index (χ0) is 9.26. The molecule has 5 heteroatoms. The van der Waals surface area contributed by atoms with Crippen molar-refractivity contribution in [1.82, 2.24) is 13.6 Å². The molecule has 68 valence electrons. The van der Waals surface area contributed by atoms with Crippen LogP contribution in [0.5, 0.6) is 0 Å². The zero-order valence-corrected chi connectivity index (χ0v) is 7.88. The van der Waals surface area contributed by atoms with Gasteiger partial charge in [-0.05, 0) is 0 Å². The summed E-state index contributed by atoms with van der Waals surface area (Å²) in [7, 11) is 1.93. The number of halogens is 1. The van der Waals surface area contributed by atoms with Crippen molar-refractivity contribution in [2.75, 3.05) is 13.6 Å². The van der Waals surface area contributed by atoms with Crippen LogP contribution >= 0.6 is 11.7 Å². The average molecular weight is 197 g/mol. The molecule has 0 fully saturated rings. The van der Waals surface area contributed by atoms with E-state index in [1.165, 1.54) is 0 Å². The summed E-state index contributed by atoms with van der Waals surface area (Å²) in [4.78, 5) is 1.97. The second-order valence-corrected chi connectivity index (χ2v) is 3.36. The van der Waals surface area contributed by atoms with Gasteiger partial charge in [-0.1, -0.05) is 12.2 Å². The second-order valence-electron chi connectivity index (χ2n) is 2.83. The predicted molar refractivity (Wildman–Crippen MR) is 49.6 cm³/mol. The highest BCUT2D eigenvalue weighted by molar-refractivity contribution is 6.99. The van der Waals surface area contributed by atoms with Crippen LogP contribution in [0.4, 0.5) is 4.39 Å². The van der Waals surface area contributed by atoms with E-state index in [0.717, 1.165) is 23.8 Å². The highest BCUT2D eigenvalue weighted by atomic mass is 32.1. The van der Waals surface area contributed by atoms with Crippen molar-refractivity contribution >= 4 is 17.3 Å². The number of hydrogen-bond acceptors (Lipinski definition) is 4. The van der Waals surface area contributed by atoms with E-state index < -0.39 is 5.95 Å². The van der Waals surface area contributed by atoms with Gasteiger partial charge >= 0.3 is 0 Å². The summed E-state index contributed by atoms with van der Waals surface area (Å²) in [5.74, 6) is -0.490. The fourth-order valence-electron chi connectivity index (χ4n) is 1.17. The Bertz CT molecular complexity index is 369. The lowest BCUT2D eigenvalue weighted by atomic mass is 10.1. The summed E-state index contributed by atoms with van der Waals surface area (Å²) in [5, 5.41) is 0. The van der Waals surface area contributed by atoms with Gasteiger partial charge in [-0.2, -0.15) is 8.76 Å². The van der Waals surface area contributed by atoms with Gasteiger partial charge in [0.15, 0.2) is 0 Å². The lowest BCUT2D eigenvalue weighted by Crippen LogP contribution is -2.13. The number of allylic oxidation sites excluding steroid dienone is 2.